The minimum absolute atomic E-state index is 0.0380. The third-order valence-corrected chi connectivity index (χ3v) is 1.85. The maximum absolute atomic E-state index is 11.7. The van der Waals surface area contributed by atoms with Gasteiger partial charge in [0.15, 0.2) is 6.61 Å². The van der Waals surface area contributed by atoms with Crippen LogP contribution in [0, 0.1) is 0 Å². The molecule has 0 aliphatic carbocycles. The van der Waals surface area contributed by atoms with Gasteiger partial charge in [0.25, 0.3) is 6.43 Å². The summed E-state index contributed by atoms with van der Waals surface area (Å²) in [7, 11) is 0. The van der Waals surface area contributed by atoms with Gasteiger partial charge >= 0.3 is 5.97 Å². The van der Waals surface area contributed by atoms with Gasteiger partial charge in [-0.05, 0) is 12.1 Å². The molecule has 0 heterocycles. The summed E-state index contributed by atoms with van der Waals surface area (Å²) in [6, 6.07) is 6.80. The standard InChI is InChI=1S/C11H13F2NO3/c12-10(13)7-17-11(15)5-6-16-9-4-2-1-3-8(9)14/h1-4,10H,5-7,14H2. The molecule has 0 unspecified atom stereocenters. The van der Waals surface area contributed by atoms with Crippen molar-refractivity contribution in [1.82, 2.24) is 0 Å². The molecule has 0 aliphatic heterocycles. The molecule has 0 atom stereocenters. The lowest BCUT2D eigenvalue weighted by Gasteiger charge is -2.08. The Morgan fingerprint density at radius 1 is 1.35 bits per heavy atom. The summed E-state index contributed by atoms with van der Waals surface area (Å²) < 4.78 is 32.9. The van der Waals surface area contributed by atoms with Gasteiger partial charge in [-0.25, -0.2) is 8.78 Å². The number of alkyl halides is 2. The van der Waals surface area contributed by atoms with Crippen LogP contribution in [0.25, 0.3) is 0 Å². The molecule has 0 radical (unpaired) electrons. The molecule has 1 rings (SSSR count). The van der Waals surface area contributed by atoms with Crippen LogP contribution in [0.2, 0.25) is 0 Å². The number of nitrogens with two attached hydrogens (primary N) is 1. The van der Waals surface area contributed by atoms with Gasteiger partial charge in [-0.15, -0.1) is 0 Å². The highest BCUT2D eigenvalue weighted by Crippen LogP contribution is 2.19. The normalized spacial score (nSPS) is 10.3. The van der Waals surface area contributed by atoms with Crippen molar-refractivity contribution in [2.24, 2.45) is 0 Å². The van der Waals surface area contributed by atoms with Gasteiger partial charge < -0.3 is 15.2 Å². The summed E-state index contributed by atoms with van der Waals surface area (Å²) in [4.78, 5) is 11.0. The van der Waals surface area contributed by atoms with Gasteiger partial charge in [-0.1, -0.05) is 12.1 Å². The van der Waals surface area contributed by atoms with Crippen molar-refractivity contribution in [2.45, 2.75) is 12.8 Å². The summed E-state index contributed by atoms with van der Waals surface area (Å²) in [6.45, 7) is -0.845. The van der Waals surface area contributed by atoms with Gasteiger partial charge in [0.2, 0.25) is 0 Å². The van der Waals surface area contributed by atoms with Gasteiger partial charge in [0.05, 0.1) is 18.7 Å². The minimum Gasteiger partial charge on any atom is -0.491 e. The van der Waals surface area contributed by atoms with Crippen LogP contribution in [0.15, 0.2) is 24.3 Å². The summed E-state index contributed by atoms with van der Waals surface area (Å²) >= 11 is 0. The number of esters is 1. The number of halogens is 2. The molecular formula is C11H13F2NO3. The third-order valence-electron chi connectivity index (χ3n) is 1.85. The van der Waals surface area contributed by atoms with Crippen LogP contribution in [0.1, 0.15) is 6.42 Å². The summed E-state index contributed by atoms with van der Waals surface area (Å²) in [5.74, 6) is -0.269. The van der Waals surface area contributed by atoms with E-state index in [0.717, 1.165) is 0 Å². The van der Waals surface area contributed by atoms with Crippen molar-refractivity contribution in [2.75, 3.05) is 18.9 Å². The molecule has 4 nitrogen and oxygen atoms in total. The lowest BCUT2D eigenvalue weighted by Crippen LogP contribution is -2.14. The molecule has 0 fully saturated rings. The zero-order valence-corrected chi connectivity index (χ0v) is 9.07. The molecule has 94 valence electrons. The summed E-state index contributed by atoms with van der Waals surface area (Å²) in [5.41, 5.74) is 6.05. The van der Waals surface area contributed by atoms with E-state index in [4.69, 9.17) is 10.5 Å². The van der Waals surface area contributed by atoms with Crippen molar-refractivity contribution < 1.29 is 23.0 Å². The zero-order valence-electron chi connectivity index (χ0n) is 9.07. The molecule has 1 aromatic carbocycles. The van der Waals surface area contributed by atoms with Crippen molar-refractivity contribution in [1.29, 1.82) is 0 Å². The molecule has 0 aromatic heterocycles. The monoisotopic (exact) mass is 245 g/mol. The van der Waals surface area contributed by atoms with Gasteiger partial charge in [-0.3, -0.25) is 4.79 Å². The maximum Gasteiger partial charge on any atom is 0.309 e. The second-order valence-electron chi connectivity index (χ2n) is 3.21. The molecule has 0 bridgehead atoms. The van der Waals surface area contributed by atoms with Crippen molar-refractivity contribution in [3.8, 4) is 5.75 Å². The average Bonchev–Trinajstić information content (AvgIpc) is 2.29. The van der Waals surface area contributed by atoms with E-state index in [-0.39, 0.29) is 13.0 Å². The van der Waals surface area contributed by atoms with E-state index in [2.05, 4.69) is 4.74 Å². The Balaban J connectivity index is 2.24. The molecule has 0 amide bonds. The number of para-hydroxylation sites is 2. The lowest BCUT2D eigenvalue weighted by atomic mass is 10.3. The van der Waals surface area contributed by atoms with Gasteiger partial charge in [-0.2, -0.15) is 0 Å². The number of rotatable bonds is 6. The first-order valence-corrected chi connectivity index (χ1v) is 5.00. The Morgan fingerprint density at radius 3 is 2.71 bits per heavy atom. The molecule has 1 aromatic rings. The highest BCUT2D eigenvalue weighted by molar-refractivity contribution is 5.69. The van der Waals surface area contributed by atoms with Crippen LogP contribution in [-0.4, -0.2) is 25.6 Å². The van der Waals surface area contributed by atoms with E-state index in [0.29, 0.717) is 11.4 Å². The quantitative estimate of drug-likeness (QED) is 0.613. The molecule has 0 aliphatic rings. The second-order valence-corrected chi connectivity index (χ2v) is 3.21. The van der Waals surface area contributed by atoms with Crippen LogP contribution < -0.4 is 10.5 Å². The Hall–Kier alpha value is -1.85. The van der Waals surface area contributed by atoms with Gasteiger partial charge in [0, 0.05) is 0 Å². The SMILES string of the molecule is Nc1ccccc1OCCC(=O)OCC(F)F. The molecule has 0 saturated carbocycles. The fourth-order valence-corrected chi connectivity index (χ4v) is 1.08. The lowest BCUT2D eigenvalue weighted by molar-refractivity contribution is -0.148. The predicted molar refractivity (Wildman–Crippen MR) is 57.9 cm³/mol. The summed E-state index contributed by atoms with van der Waals surface area (Å²) in [6.07, 6.45) is -2.74. The van der Waals surface area contributed by atoms with Crippen molar-refractivity contribution >= 4 is 11.7 Å². The van der Waals surface area contributed by atoms with Gasteiger partial charge in [0.1, 0.15) is 5.75 Å². The maximum atomic E-state index is 11.7. The Bertz CT molecular complexity index is 371. The van der Waals surface area contributed by atoms with Crippen LogP contribution in [-0.2, 0) is 9.53 Å². The van der Waals surface area contributed by atoms with E-state index >= 15 is 0 Å². The molecule has 17 heavy (non-hydrogen) atoms. The Labute approximate surface area is 97.3 Å². The number of anilines is 1. The van der Waals surface area contributed by atoms with Crippen LogP contribution in [0.5, 0.6) is 5.75 Å². The van der Waals surface area contributed by atoms with E-state index < -0.39 is 19.0 Å². The smallest absolute Gasteiger partial charge is 0.309 e. The first kappa shape index (κ1) is 13.2. The van der Waals surface area contributed by atoms with E-state index in [1.54, 1.807) is 24.3 Å². The zero-order chi connectivity index (χ0) is 12.7. The molecule has 0 saturated heterocycles. The number of benzene rings is 1. The fourth-order valence-electron chi connectivity index (χ4n) is 1.08. The second kappa shape index (κ2) is 6.67. The Kier molecular flexibility index (Phi) is 5.19. The topological polar surface area (TPSA) is 61.5 Å². The number of nitrogen functional groups attached to an aromatic ring is 1. The average molecular weight is 245 g/mol. The number of ether oxygens (including phenoxy) is 2. The third kappa shape index (κ3) is 5.14. The Morgan fingerprint density at radius 2 is 2.06 bits per heavy atom. The minimum atomic E-state index is -2.65. The number of hydrogen-bond acceptors (Lipinski definition) is 4. The van der Waals surface area contributed by atoms with E-state index in [9.17, 15) is 13.6 Å². The first-order valence-electron chi connectivity index (χ1n) is 5.00. The highest BCUT2D eigenvalue weighted by atomic mass is 19.3. The predicted octanol–water partition coefficient (Wildman–Crippen LogP) is 1.85. The van der Waals surface area contributed by atoms with Crippen LogP contribution >= 0.6 is 0 Å². The largest absolute Gasteiger partial charge is 0.491 e. The number of carbonyl (C=O) groups is 1. The summed E-state index contributed by atoms with van der Waals surface area (Å²) in [5, 5.41) is 0. The van der Waals surface area contributed by atoms with Crippen molar-refractivity contribution in [3.05, 3.63) is 24.3 Å². The fraction of sp³-hybridized carbons (Fsp3) is 0.364. The molecular weight excluding hydrogens is 232 g/mol. The first-order chi connectivity index (χ1) is 8.09. The van der Waals surface area contributed by atoms with Crippen LogP contribution in [0.3, 0.4) is 0 Å². The highest BCUT2D eigenvalue weighted by Gasteiger charge is 2.08. The number of carbonyl (C=O) groups excluding carboxylic acids is 1. The van der Waals surface area contributed by atoms with Crippen LogP contribution in [0.4, 0.5) is 14.5 Å². The van der Waals surface area contributed by atoms with E-state index in [1.165, 1.54) is 0 Å². The molecule has 0 spiro atoms. The molecule has 2 N–H and O–H groups in total. The number of hydrogen-bond donors (Lipinski definition) is 1. The van der Waals surface area contributed by atoms with Crippen molar-refractivity contribution in [3.63, 3.8) is 0 Å². The molecule has 6 heteroatoms. The van der Waals surface area contributed by atoms with E-state index in [1.807, 2.05) is 0 Å².